The number of likely N-dealkylation sites (N-methyl/N-ethyl adjacent to an activating group) is 1. The van der Waals surface area contributed by atoms with E-state index in [-0.39, 0.29) is 0 Å². The molecule has 0 bridgehead atoms. The van der Waals surface area contributed by atoms with Crippen LogP contribution in [0, 0.1) is 0 Å². The van der Waals surface area contributed by atoms with Crippen LogP contribution in [0.25, 0.3) is 0 Å². The second kappa shape index (κ2) is 2.19. The molecular weight excluding hydrogens is 213 g/mol. The maximum absolute atomic E-state index is 2.39. The predicted octanol–water partition coefficient (Wildman–Crippen LogP) is 1.87. The number of hydrogen-bond acceptors (Lipinski definition) is 0. The molecule has 1 heterocycles. The number of allylic oxidation sites excluding steroid dienone is 2. The van der Waals surface area contributed by atoms with Crippen LogP contribution in [0.15, 0.2) is 24.4 Å². The molecule has 8 heavy (non-hydrogen) atoms. The van der Waals surface area contributed by atoms with Gasteiger partial charge in [-0.05, 0) is 12.2 Å². The number of hydrogen-bond donors (Lipinski definition) is 0. The molecule has 1 nitrogen and oxygen atoms in total. The number of nitrogens with zero attached hydrogens (tertiary/aromatic N) is 1. The van der Waals surface area contributed by atoms with Gasteiger partial charge in [-0.1, -0.05) is 6.08 Å². The van der Waals surface area contributed by atoms with Crippen molar-refractivity contribution in [2.45, 2.75) is 0 Å². The minimum atomic E-state index is 0.953. The van der Waals surface area contributed by atoms with Crippen molar-refractivity contribution in [3.05, 3.63) is 24.4 Å². The van der Waals surface area contributed by atoms with Gasteiger partial charge in [-0.25, -0.2) is 2.70 Å². The molecular formula is C6H9IN+. The van der Waals surface area contributed by atoms with E-state index in [0.29, 0.717) is 0 Å². The van der Waals surface area contributed by atoms with Gasteiger partial charge in [0.1, 0.15) is 12.7 Å². The van der Waals surface area contributed by atoms with Crippen LogP contribution in [0.2, 0.25) is 0 Å². The fourth-order valence-electron chi connectivity index (χ4n) is 0.636. The van der Waals surface area contributed by atoms with Crippen molar-refractivity contribution in [2.75, 3.05) is 13.6 Å². The molecule has 44 valence electrons. The van der Waals surface area contributed by atoms with Crippen molar-refractivity contribution in [1.82, 2.24) is 0 Å². The molecule has 0 amide bonds. The van der Waals surface area contributed by atoms with E-state index < -0.39 is 0 Å². The molecule has 0 aromatic heterocycles. The molecule has 0 spiro atoms. The van der Waals surface area contributed by atoms with Crippen LogP contribution >= 0.6 is 22.9 Å². The summed E-state index contributed by atoms with van der Waals surface area (Å²) in [4.78, 5) is 0. The molecule has 1 atom stereocenters. The summed E-state index contributed by atoms with van der Waals surface area (Å²) >= 11 is 2.39. The van der Waals surface area contributed by atoms with E-state index in [1.807, 2.05) is 0 Å². The van der Waals surface area contributed by atoms with E-state index in [0.717, 1.165) is 9.24 Å². The van der Waals surface area contributed by atoms with E-state index in [2.05, 4.69) is 54.3 Å². The summed E-state index contributed by atoms with van der Waals surface area (Å²) < 4.78 is 0.953. The molecule has 0 aliphatic carbocycles. The lowest BCUT2D eigenvalue weighted by Gasteiger charge is -2.19. The van der Waals surface area contributed by atoms with Crippen LogP contribution in [0.4, 0.5) is 0 Å². The standard InChI is InChI=1S/C6H9IN/c1-8(7)5-3-2-4-6-8/h2-5H,6H2,1H3/q+1. The lowest BCUT2D eigenvalue weighted by atomic mass is 10.4. The lowest BCUT2D eigenvalue weighted by molar-refractivity contribution is -0.663. The average molecular weight is 222 g/mol. The molecule has 2 heteroatoms. The Bertz CT molecular complexity index is 135. The zero-order chi connectivity index (χ0) is 6.04. The maximum atomic E-state index is 2.39. The quantitative estimate of drug-likeness (QED) is 0.433. The first kappa shape index (κ1) is 6.29. The Balaban J connectivity index is 2.65. The molecule has 0 saturated heterocycles. The van der Waals surface area contributed by atoms with Gasteiger partial charge < -0.3 is 0 Å². The number of halogens is 1. The Morgan fingerprint density at radius 3 is 2.50 bits per heavy atom. The van der Waals surface area contributed by atoms with E-state index in [4.69, 9.17) is 0 Å². The van der Waals surface area contributed by atoms with E-state index in [1.165, 1.54) is 0 Å². The van der Waals surface area contributed by atoms with Crippen LogP contribution in [0.3, 0.4) is 0 Å². The molecule has 0 N–H and O–H groups in total. The molecule has 0 aromatic carbocycles. The largest absolute Gasteiger partial charge is 0.254 e. The van der Waals surface area contributed by atoms with Gasteiger partial charge in [0.15, 0.2) is 0 Å². The molecule has 0 aromatic rings. The molecule has 1 aliphatic rings. The molecule has 1 unspecified atom stereocenters. The summed E-state index contributed by atoms with van der Waals surface area (Å²) in [7, 11) is 2.17. The first-order valence-electron chi connectivity index (χ1n) is 2.60. The lowest BCUT2D eigenvalue weighted by Crippen LogP contribution is -2.26. The summed E-state index contributed by atoms with van der Waals surface area (Å²) in [6.07, 6.45) is 8.50. The van der Waals surface area contributed by atoms with Crippen LogP contribution in [0.5, 0.6) is 0 Å². The van der Waals surface area contributed by atoms with Crippen LogP contribution in [-0.2, 0) is 0 Å². The van der Waals surface area contributed by atoms with E-state index in [1.54, 1.807) is 0 Å². The van der Waals surface area contributed by atoms with Crippen LogP contribution in [0.1, 0.15) is 0 Å². The first-order chi connectivity index (χ1) is 3.71. The highest BCUT2D eigenvalue weighted by atomic mass is 127. The van der Waals surface area contributed by atoms with Gasteiger partial charge in [0, 0.05) is 0 Å². The van der Waals surface area contributed by atoms with Gasteiger partial charge in [-0.3, -0.25) is 0 Å². The van der Waals surface area contributed by atoms with Gasteiger partial charge in [0.05, 0.1) is 7.05 Å². The number of rotatable bonds is 0. The summed E-state index contributed by atoms with van der Waals surface area (Å²) in [6.45, 7) is 1.11. The molecule has 1 aliphatic heterocycles. The smallest absolute Gasteiger partial charge is 0.240 e. The second-order valence-corrected chi connectivity index (χ2v) is 4.30. The van der Waals surface area contributed by atoms with Crippen LogP contribution in [-0.4, -0.2) is 16.3 Å². The van der Waals surface area contributed by atoms with Gasteiger partial charge >= 0.3 is 0 Å². The van der Waals surface area contributed by atoms with E-state index >= 15 is 0 Å². The molecule has 1 rings (SSSR count). The Labute approximate surface area is 63.8 Å². The van der Waals surface area contributed by atoms with Crippen molar-refractivity contribution in [2.24, 2.45) is 0 Å². The average Bonchev–Trinajstić information content (AvgIpc) is 1.65. The third-order valence-electron chi connectivity index (χ3n) is 1.11. The summed E-state index contributed by atoms with van der Waals surface area (Å²) in [5.41, 5.74) is 0. The van der Waals surface area contributed by atoms with Crippen LogP contribution < -0.4 is 0 Å². The SMILES string of the molecule is C[N+]1(I)C=CC=CC1. The second-order valence-electron chi connectivity index (χ2n) is 2.10. The van der Waals surface area contributed by atoms with Gasteiger partial charge in [0.25, 0.3) is 22.9 Å². The van der Waals surface area contributed by atoms with Crippen molar-refractivity contribution >= 4 is 22.9 Å². The summed E-state index contributed by atoms with van der Waals surface area (Å²) in [5.74, 6) is 0. The first-order valence-corrected chi connectivity index (χ1v) is 3.56. The van der Waals surface area contributed by atoms with Gasteiger partial charge in [-0.2, -0.15) is 0 Å². The minimum absolute atomic E-state index is 0.953. The Hall–Kier alpha value is 0.170. The summed E-state index contributed by atoms with van der Waals surface area (Å²) in [5, 5.41) is 0. The molecule has 0 fully saturated rings. The van der Waals surface area contributed by atoms with Crippen molar-refractivity contribution in [1.29, 1.82) is 0 Å². The third kappa shape index (κ3) is 1.59. The minimum Gasteiger partial charge on any atom is -0.240 e. The Kier molecular flexibility index (Phi) is 1.72. The zero-order valence-corrected chi connectivity index (χ0v) is 7.00. The van der Waals surface area contributed by atoms with Crippen molar-refractivity contribution in [3.8, 4) is 0 Å². The van der Waals surface area contributed by atoms with Crippen molar-refractivity contribution in [3.63, 3.8) is 0 Å². The highest BCUT2D eigenvalue weighted by Gasteiger charge is 2.12. The molecule has 0 saturated carbocycles. The summed E-state index contributed by atoms with van der Waals surface area (Å²) in [6, 6.07) is 0. The van der Waals surface area contributed by atoms with Gasteiger partial charge in [-0.15, -0.1) is 0 Å². The fourth-order valence-corrected chi connectivity index (χ4v) is 1.05. The predicted molar refractivity (Wildman–Crippen MR) is 43.4 cm³/mol. The topological polar surface area (TPSA) is 0 Å². The zero-order valence-electron chi connectivity index (χ0n) is 4.84. The normalized spacial score (nSPS) is 35.8. The van der Waals surface area contributed by atoms with E-state index in [9.17, 15) is 0 Å². The Morgan fingerprint density at radius 1 is 1.50 bits per heavy atom. The highest BCUT2D eigenvalue weighted by Crippen LogP contribution is 2.15. The van der Waals surface area contributed by atoms with Gasteiger partial charge in [0.2, 0.25) is 0 Å². The molecule has 0 radical (unpaired) electrons. The third-order valence-corrected chi connectivity index (χ3v) is 1.82. The number of quaternary nitrogens is 1. The Morgan fingerprint density at radius 2 is 2.25 bits per heavy atom. The fraction of sp³-hybridized carbons (Fsp3) is 0.333. The monoisotopic (exact) mass is 222 g/mol. The maximum Gasteiger partial charge on any atom is 0.254 e. The highest BCUT2D eigenvalue weighted by molar-refractivity contribution is 14.1. The van der Waals surface area contributed by atoms with Crippen molar-refractivity contribution < 1.29 is 2.70 Å².